The van der Waals surface area contributed by atoms with Gasteiger partial charge in [0.05, 0.1) is 0 Å². The van der Waals surface area contributed by atoms with Crippen molar-refractivity contribution >= 4 is 17.3 Å². The molecule has 16 heavy (non-hydrogen) atoms. The Morgan fingerprint density at radius 3 is 2.50 bits per heavy atom. The zero-order valence-electron chi connectivity index (χ0n) is 8.55. The highest BCUT2D eigenvalue weighted by molar-refractivity contribution is 6.02. The van der Waals surface area contributed by atoms with Crippen LogP contribution in [0, 0.1) is 0 Å². The van der Waals surface area contributed by atoms with E-state index in [9.17, 15) is 4.79 Å². The molecule has 0 saturated heterocycles. The highest BCUT2D eigenvalue weighted by atomic mass is 16.1. The summed E-state index contributed by atoms with van der Waals surface area (Å²) in [6, 6.07) is 12.1. The number of pyridine rings is 1. The molecule has 80 valence electrons. The topological polar surface area (TPSA) is 68.0 Å². The lowest BCUT2D eigenvalue weighted by molar-refractivity contribution is 0.102. The van der Waals surface area contributed by atoms with E-state index in [0.29, 0.717) is 17.1 Å². The predicted molar refractivity (Wildman–Crippen MR) is 63.0 cm³/mol. The minimum atomic E-state index is -0.231. The van der Waals surface area contributed by atoms with Gasteiger partial charge in [-0.1, -0.05) is 6.07 Å². The van der Waals surface area contributed by atoms with Crippen LogP contribution in [0.25, 0.3) is 0 Å². The van der Waals surface area contributed by atoms with E-state index >= 15 is 0 Å². The van der Waals surface area contributed by atoms with Crippen LogP contribution in [0.15, 0.2) is 48.7 Å². The molecule has 3 N–H and O–H groups in total. The van der Waals surface area contributed by atoms with Crippen LogP contribution in [-0.2, 0) is 0 Å². The third kappa shape index (κ3) is 2.36. The molecule has 0 radical (unpaired) electrons. The summed E-state index contributed by atoms with van der Waals surface area (Å²) in [5.41, 5.74) is 7.29. The lowest BCUT2D eigenvalue weighted by Gasteiger charge is -2.04. The minimum absolute atomic E-state index is 0.231. The summed E-state index contributed by atoms with van der Waals surface area (Å²) in [7, 11) is 0. The van der Waals surface area contributed by atoms with Gasteiger partial charge in [0.15, 0.2) is 0 Å². The quantitative estimate of drug-likeness (QED) is 0.749. The molecule has 1 amide bonds. The Morgan fingerprint density at radius 1 is 1.12 bits per heavy atom. The number of carbonyl (C=O) groups excluding carboxylic acids is 1. The average Bonchev–Trinajstić information content (AvgIpc) is 2.33. The van der Waals surface area contributed by atoms with Gasteiger partial charge in [0, 0.05) is 17.6 Å². The number of benzene rings is 1. The van der Waals surface area contributed by atoms with E-state index in [1.807, 2.05) is 0 Å². The Morgan fingerprint density at radius 2 is 1.88 bits per heavy atom. The standard InChI is InChI=1S/C12H11N3O/c13-9-4-6-10(7-5-9)15-12(16)11-3-1-2-8-14-11/h1-8H,13H2,(H,15,16). The molecule has 0 aliphatic rings. The van der Waals surface area contributed by atoms with Crippen molar-refractivity contribution in [2.75, 3.05) is 11.1 Å². The Balaban J connectivity index is 2.11. The summed E-state index contributed by atoms with van der Waals surface area (Å²) in [5, 5.41) is 2.73. The van der Waals surface area contributed by atoms with Crippen LogP contribution in [0.1, 0.15) is 10.5 Å². The molecule has 2 aromatic rings. The van der Waals surface area contributed by atoms with E-state index in [0.717, 1.165) is 0 Å². The number of hydrogen-bond donors (Lipinski definition) is 2. The Labute approximate surface area is 93.1 Å². The lowest BCUT2D eigenvalue weighted by Crippen LogP contribution is -2.13. The second-order valence-electron chi connectivity index (χ2n) is 3.29. The molecule has 0 bridgehead atoms. The van der Waals surface area contributed by atoms with Gasteiger partial charge in [-0.2, -0.15) is 0 Å². The van der Waals surface area contributed by atoms with Crippen LogP contribution in [0.2, 0.25) is 0 Å². The molecule has 1 aromatic heterocycles. The first kappa shape index (κ1) is 10.2. The molecule has 0 atom stereocenters. The van der Waals surface area contributed by atoms with Gasteiger partial charge < -0.3 is 11.1 Å². The summed E-state index contributed by atoms with van der Waals surface area (Å²) in [6.07, 6.45) is 1.58. The molecule has 1 heterocycles. The van der Waals surface area contributed by atoms with Gasteiger partial charge in [0.25, 0.3) is 5.91 Å². The van der Waals surface area contributed by atoms with Crippen molar-refractivity contribution in [3.63, 3.8) is 0 Å². The zero-order valence-corrected chi connectivity index (χ0v) is 8.55. The van der Waals surface area contributed by atoms with Gasteiger partial charge in [0.2, 0.25) is 0 Å². The van der Waals surface area contributed by atoms with Crippen molar-refractivity contribution < 1.29 is 4.79 Å². The molecule has 0 fully saturated rings. The highest BCUT2D eigenvalue weighted by Gasteiger charge is 2.05. The van der Waals surface area contributed by atoms with Crippen molar-refractivity contribution in [3.8, 4) is 0 Å². The van der Waals surface area contributed by atoms with Crippen LogP contribution in [0.4, 0.5) is 11.4 Å². The predicted octanol–water partition coefficient (Wildman–Crippen LogP) is 1.92. The van der Waals surface area contributed by atoms with Gasteiger partial charge in [-0.25, -0.2) is 0 Å². The first-order valence-corrected chi connectivity index (χ1v) is 4.83. The number of carbonyl (C=O) groups is 1. The number of amides is 1. The lowest BCUT2D eigenvalue weighted by atomic mass is 10.2. The summed E-state index contributed by atoms with van der Waals surface area (Å²) in [6.45, 7) is 0. The fourth-order valence-corrected chi connectivity index (χ4v) is 1.26. The van der Waals surface area contributed by atoms with Crippen LogP contribution in [0.5, 0.6) is 0 Å². The molecule has 0 saturated carbocycles. The van der Waals surface area contributed by atoms with Crippen LogP contribution < -0.4 is 11.1 Å². The van der Waals surface area contributed by atoms with Gasteiger partial charge >= 0.3 is 0 Å². The maximum atomic E-state index is 11.7. The number of hydrogen-bond acceptors (Lipinski definition) is 3. The number of aromatic nitrogens is 1. The molecular weight excluding hydrogens is 202 g/mol. The summed E-state index contributed by atoms with van der Waals surface area (Å²) in [5.74, 6) is -0.231. The molecular formula is C12H11N3O. The first-order chi connectivity index (χ1) is 7.75. The van der Waals surface area contributed by atoms with Crippen molar-refractivity contribution in [2.24, 2.45) is 0 Å². The third-order valence-corrected chi connectivity index (χ3v) is 2.07. The number of nitrogens with two attached hydrogens (primary N) is 1. The van der Waals surface area contributed by atoms with Crippen molar-refractivity contribution in [1.29, 1.82) is 0 Å². The fourth-order valence-electron chi connectivity index (χ4n) is 1.26. The van der Waals surface area contributed by atoms with Gasteiger partial charge in [-0.15, -0.1) is 0 Å². The molecule has 0 spiro atoms. The number of nitrogens with zero attached hydrogens (tertiary/aromatic N) is 1. The van der Waals surface area contributed by atoms with E-state index < -0.39 is 0 Å². The Hall–Kier alpha value is -2.36. The minimum Gasteiger partial charge on any atom is -0.399 e. The average molecular weight is 213 g/mol. The van der Waals surface area contributed by atoms with E-state index in [2.05, 4.69) is 10.3 Å². The molecule has 4 heteroatoms. The van der Waals surface area contributed by atoms with Gasteiger partial charge in [-0.3, -0.25) is 9.78 Å². The van der Waals surface area contributed by atoms with Gasteiger partial charge in [0.1, 0.15) is 5.69 Å². The molecule has 2 rings (SSSR count). The summed E-state index contributed by atoms with van der Waals surface area (Å²) < 4.78 is 0. The summed E-state index contributed by atoms with van der Waals surface area (Å²) in [4.78, 5) is 15.6. The van der Waals surface area contributed by atoms with Crippen molar-refractivity contribution in [2.45, 2.75) is 0 Å². The monoisotopic (exact) mass is 213 g/mol. The second kappa shape index (κ2) is 4.44. The van der Waals surface area contributed by atoms with Crippen LogP contribution >= 0.6 is 0 Å². The van der Waals surface area contributed by atoms with E-state index in [1.165, 1.54) is 0 Å². The summed E-state index contributed by atoms with van der Waals surface area (Å²) >= 11 is 0. The largest absolute Gasteiger partial charge is 0.399 e. The fraction of sp³-hybridized carbons (Fsp3) is 0. The molecule has 0 unspecified atom stereocenters. The maximum absolute atomic E-state index is 11.7. The molecule has 0 aliphatic carbocycles. The molecule has 0 aliphatic heterocycles. The molecule has 1 aromatic carbocycles. The SMILES string of the molecule is Nc1ccc(NC(=O)c2ccccn2)cc1. The van der Waals surface area contributed by atoms with Crippen LogP contribution in [0.3, 0.4) is 0 Å². The zero-order chi connectivity index (χ0) is 11.4. The molecule has 4 nitrogen and oxygen atoms in total. The van der Waals surface area contributed by atoms with Crippen molar-refractivity contribution in [3.05, 3.63) is 54.4 Å². The van der Waals surface area contributed by atoms with Crippen LogP contribution in [-0.4, -0.2) is 10.9 Å². The normalized spacial score (nSPS) is 9.75. The first-order valence-electron chi connectivity index (χ1n) is 4.83. The maximum Gasteiger partial charge on any atom is 0.274 e. The number of anilines is 2. The van der Waals surface area contributed by atoms with Crippen molar-refractivity contribution in [1.82, 2.24) is 4.98 Å². The second-order valence-corrected chi connectivity index (χ2v) is 3.29. The van der Waals surface area contributed by atoms with E-state index in [4.69, 9.17) is 5.73 Å². The Bertz CT molecular complexity index is 479. The Kier molecular flexibility index (Phi) is 2.82. The highest BCUT2D eigenvalue weighted by Crippen LogP contribution is 2.11. The van der Waals surface area contributed by atoms with E-state index in [1.54, 1.807) is 48.7 Å². The smallest absolute Gasteiger partial charge is 0.274 e. The number of nitrogen functional groups attached to an aromatic ring is 1. The number of rotatable bonds is 2. The van der Waals surface area contributed by atoms with E-state index in [-0.39, 0.29) is 5.91 Å². The van der Waals surface area contributed by atoms with Gasteiger partial charge in [-0.05, 0) is 36.4 Å². The third-order valence-electron chi connectivity index (χ3n) is 2.07. The number of nitrogens with one attached hydrogen (secondary N) is 1.